The third kappa shape index (κ3) is 8.36. The first-order valence-electron chi connectivity index (χ1n) is 12.5. The fourth-order valence-electron chi connectivity index (χ4n) is 5.03. The highest BCUT2D eigenvalue weighted by atomic mass is 32.1. The summed E-state index contributed by atoms with van der Waals surface area (Å²) in [5.74, 6) is 1.77. The predicted octanol–water partition coefficient (Wildman–Crippen LogP) is 9.23. The maximum Gasteiger partial charge on any atom is 0.0739 e. The third-order valence-electron chi connectivity index (χ3n) is 7.08. The van der Waals surface area contributed by atoms with Crippen molar-refractivity contribution in [3.63, 3.8) is 0 Å². The molecule has 0 atom stereocenters. The molecule has 2 aromatic rings. The number of aliphatic imine (C=N–C) groups is 1. The van der Waals surface area contributed by atoms with E-state index < -0.39 is 0 Å². The number of hydrogen-bond acceptors (Lipinski definition) is 2. The van der Waals surface area contributed by atoms with Crippen molar-refractivity contribution < 1.29 is 0 Å². The molecule has 0 radical (unpaired) electrons. The second-order valence-corrected chi connectivity index (χ2v) is 9.57. The molecule has 0 bridgehead atoms. The zero-order chi connectivity index (χ0) is 21.7. The summed E-state index contributed by atoms with van der Waals surface area (Å²) >= 11 is 4.66. The zero-order valence-corrected chi connectivity index (χ0v) is 20.1. The molecular weight excluding hydrogens is 394 g/mol. The molecule has 0 unspecified atom stereocenters. The Balaban J connectivity index is 1.37. The van der Waals surface area contributed by atoms with Crippen LogP contribution in [0.15, 0.2) is 53.5 Å². The molecule has 2 heteroatoms. The van der Waals surface area contributed by atoms with Crippen LogP contribution in [0.1, 0.15) is 100 Å². The predicted molar refractivity (Wildman–Crippen MR) is 138 cm³/mol. The van der Waals surface area contributed by atoms with Crippen LogP contribution in [0.5, 0.6) is 0 Å². The van der Waals surface area contributed by atoms with Crippen LogP contribution >= 0.6 is 12.2 Å². The lowest BCUT2D eigenvalue weighted by atomic mass is 9.77. The molecule has 0 N–H and O–H groups in total. The number of aryl methyl sites for hydroxylation is 2. The number of isothiocyanates is 1. The highest BCUT2D eigenvalue weighted by molar-refractivity contribution is 7.78. The number of unbranched alkanes of at least 4 members (excludes halogenated alkanes) is 5. The van der Waals surface area contributed by atoms with E-state index in [-0.39, 0.29) is 0 Å². The molecule has 1 aliphatic carbocycles. The molecule has 1 aliphatic rings. The van der Waals surface area contributed by atoms with Gasteiger partial charge in [0.05, 0.1) is 10.8 Å². The van der Waals surface area contributed by atoms with Crippen molar-refractivity contribution in [1.82, 2.24) is 0 Å². The van der Waals surface area contributed by atoms with Gasteiger partial charge in [-0.25, -0.2) is 0 Å². The van der Waals surface area contributed by atoms with Crippen LogP contribution in [-0.2, 0) is 12.8 Å². The van der Waals surface area contributed by atoms with E-state index in [0.29, 0.717) is 0 Å². The standard InChI is InChI=1S/C29H39NS/c1-2-3-4-5-6-7-8-24-11-17-27(18-12-24)28-19-13-25(14-20-28)9-10-26-15-21-29(22-16-26)30-23-31/h13-16,19-22,24,27H,2-12,17-18H2,1H3. The number of rotatable bonds is 12. The first-order valence-corrected chi connectivity index (χ1v) is 12.9. The van der Waals surface area contributed by atoms with Gasteiger partial charge in [-0.1, -0.05) is 88.3 Å². The molecule has 0 aliphatic heterocycles. The summed E-state index contributed by atoms with van der Waals surface area (Å²) in [6.45, 7) is 2.30. The second kappa shape index (κ2) is 13.6. The van der Waals surface area contributed by atoms with Crippen LogP contribution in [0.2, 0.25) is 0 Å². The number of hydrogen-bond donors (Lipinski definition) is 0. The summed E-state index contributed by atoms with van der Waals surface area (Å²) in [5, 5.41) is 2.42. The average Bonchev–Trinajstić information content (AvgIpc) is 2.82. The molecule has 3 rings (SSSR count). The Labute approximate surface area is 195 Å². The van der Waals surface area contributed by atoms with Crippen molar-refractivity contribution in [2.45, 2.75) is 96.3 Å². The van der Waals surface area contributed by atoms with E-state index >= 15 is 0 Å². The first kappa shape index (κ1) is 23.9. The largest absolute Gasteiger partial charge is 0.195 e. The Hall–Kier alpha value is -1.76. The Kier molecular flexibility index (Phi) is 10.5. The summed E-state index contributed by atoms with van der Waals surface area (Å²) in [6, 6.07) is 17.8. The molecule has 1 nitrogen and oxygen atoms in total. The van der Waals surface area contributed by atoms with E-state index in [9.17, 15) is 0 Å². The smallest absolute Gasteiger partial charge is 0.0739 e. The van der Waals surface area contributed by atoms with Crippen LogP contribution in [0.25, 0.3) is 0 Å². The highest BCUT2D eigenvalue weighted by Crippen LogP contribution is 2.37. The maximum atomic E-state index is 4.66. The van der Waals surface area contributed by atoms with Gasteiger partial charge < -0.3 is 0 Å². The molecule has 0 amide bonds. The maximum absolute atomic E-state index is 4.66. The molecule has 0 spiro atoms. The van der Waals surface area contributed by atoms with Gasteiger partial charge in [-0.2, -0.15) is 4.99 Å². The molecular formula is C29H39NS. The van der Waals surface area contributed by atoms with Gasteiger partial charge in [0.2, 0.25) is 0 Å². The molecule has 1 saturated carbocycles. The average molecular weight is 434 g/mol. The summed E-state index contributed by atoms with van der Waals surface area (Å²) in [7, 11) is 0. The topological polar surface area (TPSA) is 12.4 Å². The second-order valence-electron chi connectivity index (χ2n) is 9.39. The minimum atomic E-state index is 0.782. The number of nitrogens with zero attached hydrogens (tertiary/aromatic N) is 1. The SMILES string of the molecule is CCCCCCCCC1CCC(c2ccc(CCc3ccc(N=C=S)cc3)cc2)CC1. The molecule has 0 saturated heterocycles. The van der Waals surface area contributed by atoms with Gasteiger partial charge in [-0.05, 0) is 91.4 Å². The Bertz CT molecular complexity index is 794. The third-order valence-corrected chi connectivity index (χ3v) is 7.17. The van der Waals surface area contributed by atoms with E-state index in [1.54, 1.807) is 5.56 Å². The molecule has 1 fully saturated rings. The van der Waals surface area contributed by atoms with E-state index in [1.165, 1.54) is 81.8 Å². The number of thiocarbonyl (C=S) groups is 1. The normalized spacial score (nSPS) is 18.5. The van der Waals surface area contributed by atoms with Crippen molar-refractivity contribution in [2.24, 2.45) is 10.9 Å². The Morgan fingerprint density at radius 2 is 1.35 bits per heavy atom. The monoisotopic (exact) mass is 433 g/mol. The van der Waals surface area contributed by atoms with Gasteiger partial charge in [0.15, 0.2) is 0 Å². The minimum Gasteiger partial charge on any atom is -0.195 e. The summed E-state index contributed by atoms with van der Waals surface area (Å²) in [5.41, 5.74) is 5.21. The van der Waals surface area contributed by atoms with E-state index in [1.807, 2.05) is 12.1 Å². The van der Waals surface area contributed by atoms with Gasteiger partial charge in [0.1, 0.15) is 0 Å². The Morgan fingerprint density at radius 3 is 1.97 bits per heavy atom. The quantitative estimate of drug-likeness (QED) is 0.184. The van der Waals surface area contributed by atoms with Crippen LogP contribution in [0, 0.1) is 5.92 Å². The van der Waals surface area contributed by atoms with Crippen LogP contribution in [-0.4, -0.2) is 5.16 Å². The van der Waals surface area contributed by atoms with Crippen molar-refractivity contribution >= 4 is 23.1 Å². The van der Waals surface area contributed by atoms with Gasteiger partial charge >= 0.3 is 0 Å². The highest BCUT2D eigenvalue weighted by Gasteiger charge is 2.21. The van der Waals surface area contributed by atoms with E-state index in [2.05, 4.69) is 65.7 Å². The Morgan fingerprint density at radius 1 is 0.774 bits per heavy atom. The van der Waals surface area contributed by atoms with Gasteiger partial charge in [-0.3, -0.25) is 0 Å². The summed E-state index contributed by atoms with van der Waals surface area (Å²) < 4.78 is 0. The lowest BCUT2D eigenvalue weighted by Gasteiger charge is -2.29. The van der Waals surface area contributed by atoms with Crippen molar-refractivity contribution in [1.29, 1.82) is 0 Å². The molecule has 0 heterocycles. The fraction of sp³-hybridized carbons (Fsp3) is 0.552. The molecule has 166 valence electrons. The van der Waals surface area contributed by atoms with Crippen LogP contribution in [0.4, 0.5) is 5.69 Å². The summed E-state index contributed by atoms with van der Waals surface area (Å²) in [6.07, 6.45) is 17.8. The fourth-order valence-corrected chi connectivity index (χ4v) is 5.14. The lowest BCUT2D eigenvalue weighted by molar-refractivity contribution is 0.302. The minimum absolute atomic E-state index is 0.782. The molecule has 0 aromatic heterocycles. The van der Waals surface area contributed by atoms with Crippen molar-refractivity contribution in [3.8, 4) is 0 Å². The van der Waals surface area contributed by atoms with Crippen LogP contribution in [0.3, 0.4) is 0 Å². The van der Waals surface area contributed by atoms with E-state index in [4.69, 9.17) is 0 Å². The van der Waals surface area contributed by atoms with Crippen molar-refractivity contribution in [2.75, 3.05) is 0 Å². The van der Waals surface area contributed by atoms with Gasteiger partial charge in [0.25, 0.3) is 0 Å². The van der Waals surface area contributed by atoms with Crippen molar-refractivity contribution in [3.05, 3.63) is 65.2 Å². The lowest BCUT2D eigenvalue weighted by Crippen LogP contribution is -2.13. The molecule has 2 aromatic carbocycles. The zero-order valence-electron chi connectivity index (χ0n) is 19.3. The summed E-state index contributed by atoms with van der Waals surface area (Å²) in [4.78, 5) is 4.02. The number of benzene rings is 2. The van der Waals surface area contributed by atoms with Crippen LogP contribution < -0.4 is 0 Å². The van der Waals surface area contributed by atoms with Gasteiger partial charge in [0, 0.05) is 0 Å². The van der Waals surface area contributed by atoms with E-state index in [0.717, 1.165) is 30.4 Å². The molecule has 31 heavy (non-hydrogen) atoms. The first-order chi connectivity index (χ1) is 15.3. The van der Waals surface area contributed by atoms with Gasteiger partial charge in [-0.15, -0.1) is 0 Å².